The Kier molecular flexibility index (Phi) is 39.6. The van der Waals surface area contributed by atoms with E-state index >= 15 is 0 Å². The third-order valence-corrected chi connectivity index (χ3v) is 9.55. The first-order chi connectivity index (χ1) is 24.6. The summed E-state index contributed by atoms with van der Waals surface area (Å²) in [5.74, 6) is -0.667. The van der Waals surface area contributed by atoms with Crippen molar-refractivity contribution in [3.8, 4) is 0 Å². The molecule has 0 radical (unpaired) electrons. The van der Waals surface area contributed by atoms with E-state index in [-0.39, 0.29) is 12.1 Å². The molecular weight excluding hydrogens is 617 g/mol. The lowest BCUT2D eigenvalue weighted by Gasteiger charge is -2.18. The quantitative estimate of drug-likeness (QED) is 0.0394. The number of hydrogen-bond donors (Lipinski definition) is 1. The van der Waals surface area contributed by atoms with E-state index in [1.807, 2.05) is 0 Å². The van der Waals surface area contributed by atoms with E-state index in [2.05, 4.69) is 62.5 Å². The molecule has 0 aromatic carbocycles. The Balaban J connectivity index is 4.08. The van der Waals surface area contributed by atoms with E-state index in [4.69, 9.17) is 9.84 Å². The van der Waals surface area contributed by atoms with Gasteiger partial charge < -0.3 is 9.84 Å². The van der Waals surface area contributed by atoms with Gasteiger partial charge in [0, 0.05) is 12.8 Å². The van der Waals surface area contributed by atoms with E-state index in [9.17, 15) is 9.59 Å². The van der Waals surface area contributed by atoms with Crippen molar-refractivity contribution in [2.45, 2.75) is 232 Å². The van der Waals surface area contributed by atoms with Crippen LogP contribution in [0.25, 0.3) is 0 Å². The van der Waals surface area contributed by atoms with Crippen molar-refractivity contribution in [1.82, 2.24) is 0 Å². The maximum absolute atomic E-state index is 12.7. The molecule has 0 heterocycles. The van der Waals surface area contributed by atoms with E-state index in [1.165, 1.54) is 116 Å². The Hall–Kier alpha value is -2.10. The minimum atomic E-state index is -0.676. The first kappa shape index (κ1) is 47.9. The summed E-state index contributed by atoms with van der Waals surface area (Å²) >= 11 is 0. The summed E-state index contributed by atoms with van der Waals surface area (Å²) in [5.41, 5.74) is 0. The minimum Gasteiger partial charge on any atom is -0.481 e. The van der Waals surface area contributed by atoms with Crippen LogP contribution in [0.2, 0.25) is 0 Å². The highest BCUT2D eigenvalue weighted by Gasteiger charge is 2.14. The third-order valence-electron chi connectivity index (χ3n) is 9.55. The number of aliphatic carboxylic acids is 1. The summed E-state index contributed by atoms with van der Waals surface area (Å²) in [6.07, 6.45) is 55.7. The van der Waals surface area contributed by atoms with Crippen LogP contribution in [-0.4, -0.2) is 23.1 Å². The highest BCUT2D eigenvalue weighted by atomic mass is 16.5. The van der Waals surface area contributed by atoms with Gasteiger partial charge in [0.2, 0.25) is 0 Å². The van der Waals surface area contributed by atoms with Crippen LogP contribution in [-0.2, 0) is 14.3 Å². The lowest BCUT2D eigenvalue weighted by atomic mass is 10.0. The first-order valence-corrected chi connectivity index (χ1v) is 21.6. The van der Waals surface area contributed by atoms with Crippen LogP contribution in [0.3, 0.4) is 0 Å². The maximum Gasteiger partial charge on any atom is 0.306 e. The molecule has 290 valence electrons. The molecule has 0 aliphatic heterocycles. The number of esters is 1. The average molecular weight is 699 g/mol. The Labute approximate surface area is 311 Å². The molecule has 0 aliphatic carbocycles. The minimum absolute atomic E-state index is 0.00986. The number of carbonyl (C=O) groups excluding carboxylic acids is 1. The fourth-order valence-corrected chi connectivity index (χ4v) is 6.34. The van der Waals surface area contributed by atoms with E-state index in [1.54, 1.807) is 0 Å². The highest BCUT2D eigenvalue weighted by Crippen LogP contribution is 2.19. The van der Waals surface area contributed by atoms with Gasteiger partial charge in [-0.05, 0) is 83.5 Å². The summed E-state index contributed by atoms with van der Waals surface area (Å²) in [5, 5.41) is 8.73. The van der Waals surface area contributed by atoms with Crippen LogP contribution in [0, 0.1) is 0 Å². The molecule has 0 bridgehead atoms. The van der Waals surface area contributed by atoms with Gasteiger partial charge in [-0.1, -0.05) is 178 Å². The molecule has 0 rings (SSSR count). The van der Waals surface area contributed by atoms with Crippen LogP contribution in [0.1, 0.15) is 226 Å². The second kappa shape index (κ2) is 41.3. The fourth-order valence-electron chi connectivity index (χ4n) is 6.34. The fraction of sp³-hybridized carbons (Fsp3) is 0.783. The second-order valence-corrected chi connectivity index (χ2v) is 14.5. The van der Waals surface area contributed by atoms with Crippen LogP contribution in [0.15, 0.2) is 48.6 Å². The summed E-state index contributed by atoms with van der Waals surface area (Å²) < 4.78 is 6.05. The zero-order valence-electron chi connectivity index (χ0n) is 33.2. The van der Waals surface area contributed by atoms with Gasteiger partial charge in [-0.2, -0.15) is 0 Å². The third kappa shape index (κ3) is 40.3. The molecular formula is C46H82O4. The molecule has 1 N–H and O–H groups in total. The zero-order valence-corrected chi connectivity index (χ0v) is 33.2. The van der Waals surface area contributed by atoms with Crippen molar-refractivity contribution in [2.24, 2.45) is 0 Å². The van der Waals surface area contributed by atoms with Crippen LogP contribution >= 0.6 is 0 Å². The van der Waals surface area contributed by atoms with Crippen molar-refractivity contribution in [2.75, 3.05) is 0 Å². The molecule has 0 spiro atoms. The predicted octanol–water partition coefficient (Wildman–Crippen LogP) is 15.1. The number of ether oxygens (including phenoxy) is 1. The molecule has 1 atom stereocenters. The first-order valence-electron chi connectivity index (χ1n) is 21.6. The average Bonchev–Trinajstić information content (AvgIpc) is 3.10. The Morgan fingerprint density at radius 1 is 0.440 bits per heavy atom. The van der Waals surface area contributed by atoms with Gasteiger partial charge in [0.25, 0.3) is 0 Å². The molecule has 0 saturated carbocycles. The number of hydrogen-bond acceptors (Lipinski definition) is 3. The van der Waals surface area contributed by atoms with Gasteiger partial charge in [0.1, 0.15) is 6.10 Å². The second-order valence-electron chi connectivity index (χ2n) is 14.5. The van der Waals surface area contributed by atoms with Crippen molar-refractivity contribution < 1.29 is 19.4 Å². The standard InChI is InChI=1S/C46H82O4/c1-3-5-7-9-11-13-14-15-16-17-18-19-20-21-22-27-31-35-39-43-46(49)50-44(40-36-32-28-12-10-8-6-4-2)41-37-33-29-25-23-24-26-30-34-38-42-45(47)48/h11,13,15-16,18-19,21-22,44H,3-10,12,14,17,20,23-43H2,1-2H3,(H,47,48)/b13-11-,16-15-,19-18-,22-21-. The van der Waals surface area contributed by atoms with E-state index in [0.717, 1.165) is 83.5 Å². The van der Waals surface area contributed by atoms with Crippen molar-refractivity contribution >= 4 is 11.9 Å². The maximum atomic E-state index is 12.7. The zero-order chi connectivity index (χ0) is 36.4. The normalized spacial score (nSPS) is 12.7. The number of carboxylic acids is 1. The monoisotopic (exact) mass is 699 g/mol. The number of carboxylic acid groups (broad SMARTS) is 1. The number of unbranched alkanes of at least 4 members (excludes halogenated alkanes) is 22. The number of carbonyl (C=O) groups is 2. The Bertz CT molecular complexity index is 839. The van der Waals surface area contributed by atoms with Gasteiger partial charge in [0.15, 0.2) is 0 Å². The molecule has 50 heavy (non-hydrogen) atoms. The molecule has 0 aromatic rings. The number of allylic oxidation sites excluding steroid dienone is 8. The highest BCUT2D eigenvalue weighted by molar-refractivity contribution is 5.69. The molecule has 0 aliphatic rings. The molecule has 4 heteroatoms. The predicted molar refractivity (Wildman–Crippen MR) is 218 cm³/mol. The molecule has 4 nitrogen and oxygen atoms in total. The molecule has 1 unspecified atom stereocenters. The molecule has 0 saturated heterocycles. The van der Waals surface area contributed by atoms with Crippen molar-refractivity contribution in [3.05, 3.63) is 48.6 Å². The van der Waals surface area contributed by atoms with Gasteiger partial charge in [-0.25, -0.2) is 0 Å². The lowest BCUT2D eigenvalue weighted by molar-refractivity contribution is -0.150. The molecule has 0 fully saturated rings. The van der Waals surface area contributed by atoms with Crippen LogP contribution in [0.5, 0.6) is 0 Å². The van der Waals surface area contributed by atoms with Crippen molar-refractivity contribution in [1.29, 1.82) is 0 Å². The lowest BCUT2D eigenvalue weighted by Crippen LogP contribution is -2.18. The van der Waals surface area contributed by atoms with Gasteiger partial charge in [-0.3, -0.25) is 9.59 Å². The topological polar surface area (TPSA) is 63.6 Å². The van der Waals surface area contributed by atoms with Crippen LogP contribution in [0.4, 0.5) is 0 Å². The van der Waals surface area contributed by atoms with Crippen molar-refractivity contribution in [3.63, 3.8) is 0 Å². The van der Waals surface area contributed by atoms with Gasteiger partial charge in [0.05, 0.1) is 0 Å². The summed E-state index contributed by atoms with van der Waals surface area (Å²) in [7, 11) is 0. The summed E-state index contributed by atoms with van der Waals surface area (Å²) in [6.45, 7) is 4.52. The SMILES string of the molecule is CCCCC/C=C\C/C=C\C/C=C\C/C=C\CCCCCC(=O)OC(CCCCCCCCCC)CCCCCCCCCCCCC(=O)O. The van der Waals surface area contributed by atoms with Crippen LogP contribution < -0.4 is 0 Å². The molecule has 0 amide bonds. The van der Waals surface area contributed by atoms with Gasteiger partial charge in [-0.15, -0.1) is 0 Å². The summed E-state index contributed by atoms with van der Waals surface area (Å²) in [4.78, 5) is 23.3. The summed E-state index contributed by atoms with van der Waals surface area (Å²) in [6, 6.07) is 0. The van der Waals surface area contributed by atoms with E-state index in [0.29, 0.717) is 12.8 Å². The smallest absolute Gasteiger partial charge is 0.306 e. The Morgan fingerprint density at radius 3 is 1.24 bits per heavy atom. The largest absolute Gasteiger partial charge is 0.481 e. The molecule has 0 aromatic heterocycles. The Morgan fingerprint density at radius 2 is 0.780 bits per heavy atom. The number of rotatable bonds is 39. The van der Waals surface area contributed by atoms with Gasteiger partial charge >= 0.3 is 11.9 Å². The van der Waals surface area contributed by atoms with E-state index < -0.39 is 5.97 Å².